The fourth-order valence-corrected chi connectivity index (χ4v) is 2.91. The number of carbonyl (C=O) groups is 1. The Kier molecular flexibility index (Phi) is 4.35. The van der Waals surface area contributed by atoms with Crippen LogP contribution in [-0.4, -0.2) is 5.91 Å². The second-order valence-corrected chi connectivity index (χ2v) is 5.87. The van der Waals surface area contributed by atoms with Gasteiger partial charge in [-0.15, -0.1) is 0 Å². The summed E-state index contributed by atoms with van der Waals surface area (Å²) in [5.41, 5.74) is 9.22. The molecule has 0 unspecified atom stereocenters. The first-order valence-electron chi connectivity index (χ1n) is 6.02. The lowest BCUT2D eigenvalue weighted by Gasteiger charge is -2.13. The highest BCUT2D eigenvalue weighted by Crippen LogP contribution is 2.28. The number of amides is 1. The van der Waals surface area contributed by atoms with Gasteiger partial charge in [-0.1, -0.05) is 33.6 Å². The molecule has 0 bridgehead atoms. The minimum Gasteiger partial charge on any atom is -0.398 e. The Balaban J connectivity index is 2.36. The fourth-order valence-electron chi connectivity index (χ4n) is 2.01. The van der Waals surface area contributed by atoms with E-state index in [4.69, 9.17) is 17.3 Å². The highest BCUT2D eigenvalue weighted by atomic mass is 79.9. The van der Waals surface area contributed by atoms with Crippen molar-refractivity contribution < 1.29 is 4.79 Å². The van der Waals surface area contributed by atoms with Gasteiger partial charge in [0.2, 0.25) is 0 Å². The van der Waals surface area contributed by atoms with Gasteiger partial charge < -0.3 is 11.1 Å². The van der Waals surface area contributed by atoms with Crippen LogP contribution in [0.25, 0.3) is 0 Å². The molecule has 0 fully saturated rings. The lowest BCUT2D eigenvalue weighted by Crippen LogP contribution is -2.14. The highest BCUT2D eigenvalue weighted by molar-refractivity contribution is 9.10. The van der Waals surface area contributed by atoms with Gasteiger partial charge in [0.25, 0.3) is 5.91 Å². The predicted octanol–water partition coefficient (Wildman–Crippen LogP) is 4.55. The Morgan fingerprint density at radius 1 is 1.25 bits per heavy atom. The van der Waals surface area contributed by atoms with Gasteiger partial charge in [-0.25, -0.2) is 0 Å². The van der Waals surface area contributed by atoms with Crippen molar-refractivity contribution in [2.24, 2.45) is 0 Å². The molecule has 0 heterocycles. The quantitative estimate of drug-likeness (QED) is 0.778. The van der Waals surface area contributed by atoms with Crippen LogP contribution in [0.3, 0.4) is 0 Å². The molecule has 3 nitrogen and oxygen atoms in total. The minimum absolute atomic E-state index is 0.268. The van der Waals surface area contributed by atoms with Crippen LogP contribution in [0.15, 0.2) is 34.8 Å². The number of anilines is 2. The topological polar surface area (TPSA) is 55.1 Å². The molecule has 20 heavy (non-hydrogen) atoms. The number of nitrogen functional groups attached to an aromatic ring is 1. The normalized spacial score (nSPS) is 10.4. The van der Waals surface area contributed by atoms with Crippen LogP contribution in [0.5, 0.6) is 0 Å². The van der Waals surface area contributed by atoms with E-state index in [2.05, 4.69) is 21.2 Å². The SMILES string of the molecule is Cc1cc(Br)cc(C)c1NC(=O)c1cccc(N)c1Cl. The Bertz CT molecular complexity index is 663. The number of benzene rings is 2. The standard InChI is InChI=1S/C15H14BrClN2O/c1-8-6-10(16)7-9(2)14(8)19-15(20)11-4-3-5-12(18)13(11)17/h3-7H,18H2,1-2H3,(H,19,20). The van der Waals surface area contributed by atoms with Gasteiger partial charge in [-0.3, -0.25) is 4.79 Å². The molecule has 3 N–H and O–H groups in total. The van der Waals surface area contributed by atoms with Gasteiger partial charge >= 0.3 is 0 Å². The van der Waals surface area contributed by atoms with Crippen molar-refractivity contribution in [2.75, 3.05) is 11.1 Å². The van der Waals surface area contributed by atoms with Crippen molar-refractivity contribution in [1.29, 1.82) is 0 Å². The van der Waals surface area contributed by atoms with Crippen LogP contribution in [0.4, 0.5) is 11.4 Å². The smallest absolute Gasteiger partial charge is 0.257 e. The maximum atomic E-state index is 12.3. The lowest BCUT2D eigenvalue weighted by atomic mass is 10.1. The maximum absolute atomic E-state index is 12.3. The lowest BCUT2D eigenvalue weighted by molar-refractivity contribution is 0.102. The Morgan fingerprint density at radius 3 is 2.45 bits per heavy atom. The number of halogens is 2. The Labute approximate surface area is 131 Å². The molecule has 2 aromatic rings. The van der Waals surface area contributed by atoms with Crippen LogP contribution in [0.2, 0.25) is 5.02 Å². The molecule has 0 aliphatic rings. The van der Waals surface area contributed by atoms with E-state index < -0.39 is 0 Å². The summed E-state index contributed by atoms with van der Waals surface area (Å²) in [7, 11) is 0. The molecule has 104 valence electrons. The van der Waals surface area contributed by atoms with E-state index in [9.17, 15) is 4.79 Å². The fraction of sp³-hybridized carbons (Fsp3) is 0.133. The molecule has 2 rings (SSSR count). The zero-order valence-corrected chi connectivity index (χ0v) is 13.5. The zero-order valence-electron chi connectivity index (χ0n) is 11.1. The third-order valence-corrected chi connectivity index (χ3v) is 3.89. The molecule has 5 heteroatoms. The van der Waals surface area contributed by atoms with E-state index in [1.54, 1.807) is 18.2 Å². The summed E-state index contributed by atoms with van der Waals surface area (Å²) in [5, 5.41) is 3.17. The molecule has 0 radical (unpaired) electrons. The molecule has 0 aliphatic carbocycles. The molecular weight excluding hydrogens is 340 g/mol. The van der Waals surface area contributed by atoms with Crippen molar-refractivity contribution in [2.45, 2.75) is 13.8 Å². The van der Waals surface area contributed by atoms with Gasteiger partial charge in [0, 0.05) is 10.2 Å². The second kappa shape index (κ2) is 5.85. The van der Waals surface area contributed by atoms with E-state index in [0.717, 1.165) is 21.3 Å². The third-order valence-electron chi connectivity index (χ3n) is 3.01. The number of aryl methyl sites for hydroxylation is 2. The third kappa shape index (κ3) is 2.97. The molecule has 0 aliphatic heterocycles. The Morgan fingerprint density at radius 2 is 1.85 bits per heavy atom. The van der Waals surface area contributed by atoms with Crippen molar-refractivity contribution in [1.82, 2.24) is 0 Å². The molecule has 0 aromatic heterocycles. The number of rotatable bonds is 2. The van der Waals surface area contributed by atoms with Crippen molar-refractivity contribution in [3.63, 3.8) is 0 Å². The predicted molar refractivity (Wildman–Crippen MR) is 87.4 cm³/mol. The minimum atomic E-state index is -0.268. The summed E-state index contributed by atoms with van der Waals surface area (Å²) < 4.78 is 0.979. The van der Waals surface area contributed by atoms with Crippen molar-refractivity contribution >= 4 is 44.8 Å². The van der Waals surface area contributed by atoms with Crippen LogP contribution in [-0.2, 0) is 0 Å². The second-order valence-electron chi connectivity index (χ2n) is 4.58. The largest absolute Gasteiger partial charge is 0.398 e. The summed E-state index contributed by atoms with van der Waals surface area (Å²) in [5.74, 6) is -0.268. The summed E-state index contributed by atoms with van der Waals surface area (Å²) >= 11 is 9.49. The van der Waals surface area contributed by atoms with E-state index in [1.165, 1.54) is 0 Å². The summed E-state index contributed by atoms with van der Waals surface area (Å²) in [4.78, 5) is 12.3. The first-order valence-corrected chi connectivity index (χ1v) is 7.19. The van der Waals surface area contributed by atoms with Gasteiger partial charge in [0.15, 0.2) is 0 Å². The average Bonchev–Trinajstić information content (AvgIpc) is 2.36. The first-order chi connectivity index (χ1) is 9.40. The average molecular weight is 354 g/mol. The molecule has 1 amide bonds. The van der Waals surface area contributed by atoms with Crippen LogP contribution in [0, 0.1) is 13.8 Å². The first kappa shape index (κ1) is 14.9. The Hall–Kier alpha value is -1.52. The maximum Gasteiger partial charge on any atom is 0.257 e. The van der Waals surface area contributed by atoms with E-state index in [-0.39, 0.29) is 10.9 Å². The van der Waals surface area contributed by atoms with Gasteiger partial charge in [0.1, 0.15) is 0 Å². The molecular formula is C15H14BrClN2O. The van der Waals surface area contributed by atoms with E-state index >= 15 is 0 Å². The molecule has 0 atom stereocenters. The monoisotopic (exact) mass is 352 g/mol. The summed E-state index contributed by atoms with van der Waals surface area (Å²) in [6, 6.07) is 8.91. The number of hydrogen-bond donors (Lipinski definition) is 2. The van der Waals surface area contributed by atoms with Crippen LogP contribution < -0.4 is 11.1 Å². The van der Waals surface area contributed by atoms with E-state index in [1.807, 2.05) is 26.0 Å². The molecule has 0 saturated heterocycles. The van der Waals surface area contributed by atoms with Gasteiger partial charge in [-0.2, -0.15) is 0 Å². The van der Waals surface area contributed by atoms with Crippen LogP contribution in [0.1, 0.15) is 21.5 Å². The summed E-state index contributed by atoms with van der Waals surface area (Å²) in [6.07, 6.45) is 0. The van der Waals surface area contributed by atoms with Crippen LogP contribution >= 0.6 is 27.5 Å². The number of carbonyl (C=O) groups excluding carboxylic acids is 1. The number of nitrogens with two attached hydrogens (primary N) is 1. The van der Waals surface area contributed by atoms with Crippen molar-refractivity contribution in [3.8, 4) is 0 Å². The molecule has 0 saturated carbocycles. The summed E-state index contributed by atoms with van der Waals surface area (Å²) in [6.45, 7) is 3.88. The van der Waals surface area contributed by atoms with E-state index in [0.29, 0.717) is 11.3 Å². The zero-order chi connectivity index (χ0) is 14.9. The van der Waals surface area contributed by atoms with Gasteiger partial charge in [0.05, 0.1) is 16.3 Å². The molecule has 2 aromatic carbocycles. The van der Waals surface area contributed by atoms with Gasteiger partial charge in [-0.05, 0) is 49.2 Å². The molecule has 0 spiro atoms. The van der Waals surface area contributed by atoms with Crippen molar-refractivity contribution in [3.05, 3.63) is 56.5 Å². The number of nitrogens with one attached hydrogen (secondary N) is 1. The highest BCUT2D eigenvalue weighted by Gasteiger charge is 2.14. The number of hydrogen-bond acceptors (Lipinski definition) is 2.